The van der Waals surface area contributed by atoms with E-state index in [9.17, 15) is 0 Å². The first kappa shape index (κ1) is 15.2. The van der Waals surface area contributed by atoms with Crippen LogP contribution in [0, 0.1) is 0 Å². The third-order valence-corrected chi connectivity index (χ3v) is 3.67. The fourth-order valence-electron chi connectivity index (χ4n) is 2.46. The molecule has 0 saturated heterocycles. The summed E-state index contributed by atoms with van der Waals surface area (Å²) in [7, 11) is 3.32. The zero-order valence-corrected chi connectivity index (χ0v) is 13.2. The molecule has 0 aliphatic rings. The molecule has 3 rings (SSSR count). The Morgan fingerprint density at radius 2 is 1.70 bits per heavy atom. The van der Waals surface area contributed by atoms with E-state index in [4.69, 9.17) is 9.47 Å². The Morgan fingerprint density at radius 1 is 0.870 bits per heavy atom. The molecular weight excluding hydrogens is 290 g/mol. The maximum Gasteiger partial charge on any atom is 0.127 e. The molecule has 0 spiro atoms. The second-order valence-corrected chi connectivity index (χ2v) is 5.16. The highest BCUT2D eigenvalue weighted by atomic mass is 16.5. The number of nitrogens with one attached hydrogen (secondary N) is 1. The van der Waals surface area contributed by atoms with Gasteiger partial charge >= 0.3 is 0 Å². The molecule has 0 radical (unpaired) electrons. The van der Waals surface area contributed by atoms with E-state index in [1.54, 1.807) is 26.6 Å². The fourth-order valence-corrected chi connectivity index (χ4v) is 2.46. The Hall–Kier alpha value is -2.66. The number of benzene rings is 2. The third kappa shape index (κ3) is 3.57. The number of nitrogens with zero attached hydrogens (tertiary/aromatic N) is 2. The summed E-state index contributed by atoms with van der Waals surface area (Å²) >= 11 is 0. The summed E-state index contributed by atoms with van der Waals surface area (Å²) < 4.78 is 10.6. The van der Waals surface area contributed by atoms with Crippen LogP contribution in [0.15, 0.2) is 48.8 Å². The van der Waals surface area contributed by atoms with Gasteiger partial charge in [0.2, 0.25) is 0 Å². The lowest BCUT2D eigenvalue weighted by Crippen LogP contribution is -2.13. The molecule has 3 aromatic rings. The van der Waals surface area contributed by atoms with Crippen LogP contribution in [0.1, 0.15) is 11.1 Å². The fraction of sp³-hybridized carbons (Fsp3) is 0.222. The lowest BCUT2D eigenvalue weighted by Gasteiger charge is -2.11. The van der Waals surface area contributed by atoms with Gasteiger partial charge in [0.25, 0.3) is 0 Å². The normalized spacial score (nSPS) is 10.7. The van der Waals surface area contributed by atoms with E-state index in [2.05, 4.69) is 27.4 Å². The number of methoxy groups -OCH3 is 2. The Morgan fingerprint density at radius 3 is 2.48 bits per heavy atom. The third-order valence-electron chi connectivity index (χ3n) is 3.67. The Bertz CT molecular complexity index is 805. The Kier molecular flexibility index (Phi) is 4.68. The van der Waals surface area contributed by atoms with Gasteiger partial charge in [0.15, 0.2) is 0 Å². The monoisotopic (exact) mass is 309 g/mol. The maximum atomic E-state index is 5.41. The second-order valence-electron chi connectivity index (χ2n) is 5.16. The first-order chi connectivity index (χ1) is 11.3. The largest absolute Gasteiger partial charge is 0.497 e. The van der Waals surface area contributed by atoms with E-state index in [1.807, 2.05) is 24.3 Å². The van der Waals surface area contributed by atoms with Crippen molar-refractivity contribution in [1.82, 2.24) is 15.3 Å². The topological polar surface area (TPSA) is 56.3 Å². The summed E-state index contributed by atoms with van der Waals surface area (Å²) in [5.41, 5.74) is 4.08. The highest BCUT2D eigenvalue weighted by Gasteiger charge is 2.05. The molecule has 23 heavy (non-hydrogen) atoms. The second kappa shape index (κ2) is 7.07. The molecule has 0 aliphatic heterocycles. The van der Waals surface area contributed by atoms with Gasteiger partial charge < -0.3 is 14.8 Å². The zero-order chi connectivity index (χ0) is 16.1. The van der Waals surface area contributed by atoms with Crippen LogP contribution in [0.25, 0.3) is 11.0 Å². The van der Waals surface area contributed by atoms with Crippen LogP contribution in [0.3, 0.4) is 0 Å². The molecule has 0 unspecified atom stereocenters. The quantitative estimate of drug-likeness (QED) is 0.758. The number of fused-ring (bicyclic) bond motifs is 1. The first-order valence-electron chi connectivity index (χ1n) is 7.41. The number of hydrogen-bond donors (Lipinski definition) is 1. The summed E-state index contributed by atoms with van der Waals surface area (Å²) in [6, 6.07) is 12.0. The van der Waals surface area contributed by atoms with Crippen molar-refractivity contribution in [2.75, 3.05) is 14.2 Å². The van der Waals surface area contributed by atoms with Crippen LogP contribution < -0.4 is 14.8 Å². The molecule has 0 atom stereocenters. The van der Waals surface area contributed by atoms with Gasteiger partial charge in [0.1, 0.15) is 11.5 Å². The lowest BCUT2D eigenvalue weighted by molar-refractivity contribution is 0.390. The maximum absolute atomic E-state index is 5.41. The Labute approximate surface area is 135 Å². The van der Waals surface area contributed by atoms with Crippen LogP contribution in [0.5, 0.6) is 11.5 Å². The van der Waals surface area contributed by atoms with Gasteiger partial charge in [-0.1, -0.05) is 12.1 Å². The van der Waals surface area contributed by atoms with Crippen LogP contribution in [0.2, 0.25) is 0 Å². The van der Waals surface area contributed by atoms with Gasteiger partial charge in [-0.15, -0.1) is 0 Å². The minimum absolute atomic E-state index is 0.714. The highest BCUT2D eigenvalue weighted by molar-refractivity contribution is 5.74. The predicted octanol–water partition coefficient (Wildman–Crippen LogP) is 2.94. The average molecular weight is 309 g/mol. The van der Waals surface area contributed by atoms with Crippen molar-refractivity contribution in [3.8, 4) is 11.5 Å². The van der Waals surface area contributed by atoms with E-state index in [1.165, 1.54) is 5.56 Å². The van der Waals surface area contributed by atoms with Crippen molar-refractivity contribution in [3.05, 3.63) is 59.9 Å². The van der Waals surface area contributed by atoms with Crippen molar-refractivity contribution >= 4 is 11.0 Å². The molecule has 1 N–H and O–H groups in total. The van der Waals surface area contributed by atoms with Crippen LogP contribution >= 0.6 is 0 Å². The lowest BCUT2D eigenvalue weighted by atomic mass is 10.1. The van der Waals surface area contributed by atoms with Crippen LogP contribution in [-0.2, 0) is 13.1 Å². The van der Waals surface area contributed by atoms with E-state index in [0.29, 0.717) is 6.54 Å². The van der Waals surface area contributed by atoms with Gasteiger partial charge in [-0.3, -0.25) is 9.97 Å². The molecule has 0 fully saturated rings. The van der Waals surface area contributed by atoms with Gasteiger partial charge in [0.05, 0.1) is 25.3 Å². The van der Waals surface area contributed by atoms with E-state index in [0.717, 1.165) is 34.6 Å². The molecule has 1 aromatic heterocycles. The molecule has 2 aromatic carbocycles. The SMILES string of the molecule is COc1ccc(CNCc2ccc3nccnc3c2)c(OC)c1. The van der Waals surface area contributed by atoms with Gasteiger partial charge in [-0.05, 0) is 23.8 Å². The predicted molar refractivity (Wildman–Crippen MR) is 89.6 cm³/mol. The first-order valence-corrected chi connectivity index (χ1v) is 7.41. The van der Waals surface area contributed by atoms with Crippen molar-refractivity contribution < 1.29 is 9.47 Å². The highest BCUT2D eigenvalue weighted by Crippen LogP contribution is 2.24. The number of hydrogen-bond acceptors (Lipinski definition) is 5. The van der Waals surface area contributed by atoms with Crippen molar-refractivity contribution in [2.24, 2.45) is 0 Å². The van der Waals surface area contributed by atoms with Gasteiger partial charge in [-0.25, -0.2) is 0 Å². The average Bonchev–Trinajstić information content (AvgIpc) is 2.61. The van der Waals surface area contributed by atoms with Crippen molar-refractivity contribution in [2.45, 2.75) is 13.1 Å². The minimum atomic E-state index is 0.714. The molecule has 0 saturated carbocycles. The molecule has 118 valence electrons. The number of aromatic nitrogens is 2. The molecule has 0 aliphatic carbocycles. The van der Waals surface area contributed by atoms with Crippen LogP contribution in [0.4, 0.5) is 0 Å². The number of ether oxygens (including phenoxy) is 2. The molecule has 0 bridgehead atoms. The minimum Gasteiger partial charge on any atom is -0.497 e. The summed E-state index contributed by atoms with van der Waals surface area (Å²) in [5.74, 6) is 1.61. The molecule has 0 amide bonds. The zero-order valence-electron chi connectivity index (χ0n) is 13.2. The Balaban J connectivity index is 1.66. The van der Waals surface area contributed by atoms with Crippen LogP contribution in [-0.4, -0.2) is 24.2 Å². The summed E-state index contributed by atoms with van der Waals surface area (Å²) in [4.78, 5) is 8.61. The molecular formula is C18H19N3O2. The van der Waals surface area contributed by atoms with Crippen molar-refractivity contribution in [1.29, 1.82) is 0 Å². The van der Waals surface area contributed by atoms with E-state index >= 15 is 0 Å². The summed E-state index contributed by atoms with van der Waals surface area (Å²) in [5, 5.41) is 3.43. The van der Waals surface area contributed by atoms with E-state index < -0.39 is 0 Å². The standard InChI is InChI=1S/C18H19N3O2/c1-22-15-5-4-14(18(10-15)23-2)12-19-11-13-3-6-16-17(9-13)21-8-7-20-16/h3-10,19H,11-12H2,1-2H3. The molecule has 5 heteroatoms. The van der Waals surface area contributed by atoms with E-state index in [-0.39, 0.29) is 0 Å². The summed E-state index contributed by atoms with van der Waals surface area (Å²) in [6.45, 7) is 1.47. The number of rotatable bonds is 6. The molecule has 1 heterocycles. The van der Waals surface area contributed by atoms with Gasteiger partial charge in [0, 0.05) is 37.1 Å². The van der Waals surface area contributed by atoms with Gasteiger partial charge in [-0.2, -0.15) is 0 Å². The smallest absolute Gasteiger partial charge is 0.127 e. The van der Waals surface area contributed by atoms with Crippen molar-refractivity contribution in [3.63, 3.8) is 0 Å². The molecule has 5 nitrogen and oxygen atoms in total. The summed E-state index contributed by atoms with van der Waals surface area (Å²) in [6.07, 6.45) is 3.41.